The van der Waals surface area contributed by atoms with E-state index in [1.807, 2.05) is 0 Å². The maximum Gasteiger partial charge on any atom is 0.472 e. The van der Waals surface area contributed by atoms with Crippen LogP contribution in [0.15, 0.2) is 0 Å². The number of aliphatic hydroxyl groups excluding tert-OH is 1. The fraction of sp³-hybridized carbons (Fsp3) is 0.953. The van der Waals surface area contributed by atoms with Crippen molar-refractivity contribution in [1.82, 2.24) is 0 Å². The van der Waals surface area contributed by atoms with Crippen molar-refractivity contribution in [3.05, 3.63) is 0 Å². The van der Waals surface area contributed by atoms with Crippen LogP contribution in [0.1, 0.15) is 459 Å². The van der Waals surface area contributed by atoms with Gasteiger partial charge in [-0.25, -0.2) is 9.13 Å². The summed E-state index contributed by atoms with van der Waals surface area (Å²) in [4.78, 5) is 73.2. The summed E-state index contributed by atoms with van der Waals surface area (Å²) >= 11 is 0. The summed E-state index contributed by atoms with van der Waals surface area (Å²) in [5.74, 6) is -0.512. The maximum atomic E-state index is 13.1. The van der Waals surface area contributed by atoms with Crippen LogP contribution in [-0.2, 0) is 65.4 Å². The minimum Gasteiger partial charge on any atom is -0.462 e. The monoisotopic (exact) mass is 1540 g/mol. The molecule has 2 unspecified atom stereocenters. The Bertz CT molecular complexity index is 2010. The number of carbonyl (C=O) groups excluding carboxylic acids is 4. The first-order valence-electron chi connectivity index (χ1n) is 44.5. The summed E-state index contributed by atoms with van der Waals surface area (Å²) in [5.41, 5.74) is 0. The zero-order chi connectivity index (χ0) is 77.1. The third-order valence-electron chi connectivity index (χ3n) is 20.2. The first-order valence-corrected chi connectivity index (χ1v) is 47.5. The van der Waals surface area contributed by atoms with Crippen LogP contribution in [0.4, 0.5) is 0 Å². The SMILES string of the molecule is CCCCCCCCCCCCCCCCCCCCCCC(=O)O[C@H](COC(=O)CCCCCCCCCCCCCCCCCCC(C)C)COP(=O)(O)OC[C@@H](O)COP(=O)(O)OC[C@@H](COC(=O)CCCCCCCCCCCCC)OC(=O)CCCCCCCCCCCCCCC(C)C. The van der Waals surface area contributed by atoms with Gasteiger partial charge in [-0.2, -0.15) is 0 Å². The predicted molar refractivity (Wildman–Crippen MR) is 432 cm³/mol. The molecular formula is C86H168O17P2. The van der Waals surface area contributed by atoms with Crippen LogP contribution in [0.5, 0.6) is 0 Å². The molecule has 0 aromatic rings. The smallest absolute Gasteiger partial charge is 0.462 e. The van der Waals surface area contributed by atoms with Gasteiger partial charge in [-0.3, -0.25) is 37.3 Å². The lowest BCUT2D eigenvalue weighted by Crippen LogP contribution is -2.30. The van der Waals surface area contributed by atoms with Gasteiger partial charge in [0.1, 0.15) is 19.3 Å². The molecule has 0 aliphatic rings. The molecule has 0 amide bonds. The fourth-order valence-corrected chi connectivity index (χ4v) is 15.0. The van der Waals surface area contributed by atoms with Crippen LogP contribution in [-0.4, -0.2) is 96.7 Å². The van der Waals surface area contributed by atoms with Crippen LogP contribution in [0.2, 0.25) is 0 Å². The van der Waals surface area contributed by atoms with E-state index in [-0.39, 0.29) is 25.7 Å². The summed E-state index contributed by atoms with van der Waals surface area (Å²) in [7, 11) is -9.93. The van der Waals surface area contributed by atoms with Crippen molar-refractivity contribution >= 4 is 39.5 Å². The molecule has 5 atom stereocenters. The van der Waals surface area contributed by atoms with E-state index in [0.717, 1.165) is 102 Å². The molecule has 17 nitrogen and oxygen atoms in total. The minimum atomic E-state index is -4.97. The highest BCUT2D eigenvalue weighted by atomic mass is 31.2. The first-order chi connectivity index (χ1) is 50.9. The molecule has 0 rings (SSSR count). The average molecular weight is 1540 g/mol. The third-order valence-corrected chi connectivity index (χ3v) is 22.1. The molecule has 0 bridgehead atoms. The average Bonchev–Trinajstić information content (AvgIpc) is 0.927. The van der Waals surface area contributed by atoms with Gasteiger partial charge in [0, 0.05) is 25.7 Å². The molecule has 0 heterocycles. The topological polar surface area (TPSA) is 237 Å². The van der Waals surface area contributed by atoms with Gasteiger partial charge in [0.2, 0.25) is 0 Å². The second kappa shape index (κ2) is 77.4. The van der Waals surface area contributed by atoms with E-state index >= 15 is 0 Å². The van der Waals surface area contributed by atoms with Crippen molar-refractivity contribution in [3.8, 4) is 0 Å². The Morgan fingerprint density at radius 2 is 0.438 bits per heavy atom. The van der Waals surface area contributed by atoms with Crippen LogP contribution in [0.3, 0.4) is 0 Å². The van der Waals surface area contributed by atoms with Gasteiger partial charge < -0.3 is 33.8 Å². The Hall–Kier alpha value is -1.94. The highest BCUT2D eigenvalue weighted by molar-refractivity contribution is 7.47. The summed E-state index contributed by atoms with van der Waals surface area (Å²) in [6.07, 6.45) is 69.4. The molecule has 0 saturated heterocycles. The van der Waals surface area contributed by atoms with Gasteiger partial charge in [0.25, 0.3) is 0 Å². The normalized spacial score (nSPS) is 13.8. The highest BCUT2D eigenvalue weighted by Crippen LogP contribution is 2.45. The molecular weight excluding hydrogens is 1370 g/mol. The van der Waals surface area contributed by atoms with Gasteiger partial charge >= 0.3 is 39.5 Å². The number of aliphatic hydroxyl groups is 1. The van der Waals surface area contributed by atoms with Gasteiger partial charge in [-0.15, -0.1) is 0 Å². The Labute approximate surface area is 645 Å². The first kappa shape index (κ1) is 103. The van der Waals surface area contributed by atoms with Crippen molar-refractivity contribution in [1.29, 1.82) is 0 Å². The molecule has 0 saturated carbocycles. The van der Waals surface area contributed by atoms with Crippen molar-refractivity contribution < 1.29 is 80.2 Å². The molecule has 3 N–H and O–H groups in total. The number of phosphoric acid groups is 2. The summed E-state index contributed by atoms with van der Waals surface area (Å²) < 4.78 is 68.9. The zero-order valence-electron chi connectivity index (χ0n) is 69.0. The van der Waals surface area contributed by atoms with Gasteiger partial charge in [-0.1, -0.05) is 408 Å². The van der Waals surface area contributed by atoms with Crippen LogP contribution < -0.4 is 0 Å². The lowest BCUT2D eigenvalue weighted by molar-refractivity contribution is -0.161. The molecule has 0 aromatic carbocycles. The second-order valence-electron chi connectivity index (χ2n) is 31.9. The standard InChI is InChI=1S/C86H168O17P2/c1-7-9-11-13-15-17-19-20-21-22-23-24-25-30-33-40-46-52-58-64-70-85(90)102-82(75-97-84(89)69-63-57-51-45-39-32-29-27-26-28-31-37-42-48-54-60-66-78(3)4)77-101-105(94,95)99-73-80(87)72-98-104(92,93)100-76-81(74-96-83(88)68-62-56-50-44-36-18-16-14-12-10-8-2)103-86(91)71-65-59-53-47-41-35-34-38-43-49-55-61-67-79(5)6/h78-82,87H,7-77H2,1-6H3,(H,92,93)(H,94,95)/t80-,81+,82+/m0/s1. The highest BCUT2D eigenvalue weighted by Gasteiger charge is 2.30. The number of unbranched alkanes of at least 4 members (excludes halogenated alkanes) is 55. The Morgan fingerprint density at radius 3 is 0.648 bits per heavy atom. The lowest BCUT2D eigenvalue weighted by atomic mass is 10.0. The molecule has 0 radical (unpaired) electrons. The predicted octanol–water partition coefficient (Wildman–Crippen LogP) is 26.2. The molecule has 624 valence electrons. The van der Waals surface area contributed by atoms with Gasteiger partial charge in [0.05, 0.1) is 26.4 Å². The number of hydrogen-bond acceptors (Lipinski definition) is 15. The Kier molecular flexibility index (Phi) is 76.0. The summed E-state index contributed by atoms with van der Waals surface area (Å²) in [6, 6.07) is 0. The number of esters is 4. The van der Waals surface area contributed by atoms with E-state index < -0.39 is 97.5 Å². The summed E-state index contributed by atoms with van der Waals surface area (Å²) in [6.45, 7) is 9.71. The Morgan fingerprint density at radius 1 is 0.257 bits per heavy atom. The van der Waals surface area contributed by atoms with Crippen LogP contribution >= 0.6 is 15.6 Å². The van der Waals surface area contributed by atoms with Crippen molar-refractivity contribution in [2.45, 2.75) is 477 Å². The van der Waals surface area contributed by atoms with E-state index in [0.29, 0.717) is 25.7 Å². The lowest BCUT2D eigenvalue weighted by Gasteiger charge is -2.21. The number of carbonyl (C=O) groups is 4. The number of phosphoric ester groups is 2. The molecule has 0 aliphatic heterocycles. The van der Waals surface area contributed by atoms with Gasteiger partial charge in [-0.05, 0) is 37.5 Å². The molecule has 0 spiro atoms. The van der Waals surface area contributed by atoms with Crippen molar-refractivity contribution in [2.75, 3.05) is 39.6 Å². The fourth-order valence-electron chi connectivity index (χ4n) is 13.4. The Balaban J connectivity index is 5.24. The molecule has 19 heteroatoms. The number of hydrogen-bond donors (Lipinski definition) is 3. The number of rotatable bonds is 85. The minimum absolute atomic E-state index is 0.107. The van der Waals surface area contributed by atoms with E-state index in [2.05, 4.69) is 41.5 Å². The van der Waals surface area contributed by atoms with E-state index in [9.17, 15) is 43.2 Å². The molecule has 0 fully saturated rings. The molecule has 0 aromatic heterocycles. The van der Waals surface area contributed by atoms with Gasteiger partial charge in [0.15, 0.2) is 12.2 Å². The van der Waals surface area contributed by atoms with Crippen LogP contribution in [0.25, 0.3) is 0 Å². The number of ether oxygens (including phenoxy) is 4. The molecule has 0 aliphatic carbocycles. The quantitative estimate of drug-likeness (QED) is 0.0222. The molecule has 105 heavy (non-hydrogen) atoms. The van der Waals surface area contributed by atoms with Crippen molar-refractivity contribution in [2.24, 2.45) is 11.8 Å². The zero-order valence-corrected chi connectivity index (χ0v) is 70.8. The van der Waals surface area contributed by atoms with E-state index in [1.165, 1.54) is 276 Å². The van der Waals surface area contributed by atoms with E-state index in [1.54, 1.807) is 0 Å². The maximum absolute atomic E-state index is 13.1. The van der Waals surface area contributed by atoms with Crippen LogP contribution in [0, 0.1) is 11.8 Å². The van der Waals surface area contributed by atoms with Crippen molar-refractivity contribution in [3.63, 3.8) is 0 Å². The largest absolute Gasteiger partial charge is 0.472 e. The third kappa shape index (κ3) is 79.9. The van der Waals surface area contributed by atoms with E-state index in [4.69, 9.17) is 37.0 Å². The summed E-state index contributed by atoms with van der Waals surface area (Å²) in [5, 5.41) is 10.7. The second-order valence-corrected chi connectivity index (χ2v) is 34.8.